The zero-order valence-corrected chi connectivity index (χ0v) is 16.3. The zero-order valence-electron chi connectivity index (χ0n) is 14.7. The molecular formula is C19H20N6S2. The maximum Gasteiger partial charge on any atom is 0.127 e. The number of thiocarbonyl (C=S) groups is 2. The SMILES string of the molecule is S=C(NCCc1ccccn1)c1nc[nH]c1C(=S)NCCc1ccccn1. The molecule has 3 aromatic heterocycles. The van der Waals surface area contributed by atoms with E-state index in [9.17, 15) is 0 Å². The quantitative estimate of drug-likeness (QED) is 0.504. The minimum atomic E-state index is 0.566. The summed E-state index contributed by atoms with van der Waals surface area (Å²) >= 11 is 11.0. The van der Waals surface area contributed by atoms with Crippen molar-refractivity contribution < 1.29 is 0 Å². The van der Waals surface area contributed by atoms with E-state index in [1.165, 1.54) is 0 Å². The number of H-pyrrole nitrogens is 1. The number of rotatable bonds is 8. The van der Waals surface area contributed by atoms with Gasteiger partial charge in [-0.2, -0.15) is 0 Å². The Morgan fingerprint density at radius 2 is 1.41 bits per heavy atom. The molecule has 0 amide bonds. The number of aromatic nitrogens is 4. The summed E-state index contributed by atoms with van der Waals surface area (Å²) in [6.07, 6.45) is 6.75. The molecule has 3 rings (SSSR count). The van der Waals surface area contributed by atoms with E-state index in [0.29, 0.717) is 28.8 Å². The van der Waals surface area contributed by atoms with Crippen LogP contribution in [0.1, 0.15) is 22.8 Å². The first-order chi connectivity index (χ1) is 13.2. The van der Waals surface area contributed by atoms with Gasteiger partial charge < -0.3 is 15.6 Å². The van der Waals surface area contributed by atoms with Gasteiger partial charge in [0, 0.05) is 49.7 Å². The first kappa shape index (κ1) is 19.1. The maximum atomic E-state index is 5.49. The van der Waals surface area contributed by atoms with Crippen LogP contribution in [0, 0.1) is 0 Å². The Labute approximate surface area is 168 Å². The van der Waals surface area contributed by atoms with Gasteiger partial charge in [0.2, 0.25) is 0 Å². The normalized spacial score (nSPS) is 10.4. The minimum absolute atomic E-state index is 0.566. The Morgan fingerprint density at radius 3 is 1.96 bits per heavy atom. The standard InChI is InChI=1S/C19H20N6S2/c26-18(22-11-7-14-5-1-3-9-20-14)16-17(25-13-24-16)19(27)23-12-8-15-6-2-4-10-21-15/h1-6,9-10,13H,7-8,11-12H2,(H,22,26)(H,23,27)(H,24,25). The van der Waals surface area contributed by atoms with Crippen LogP contribution >= 0.6 is 24.4 Å². The van der Waals surface area contributed by atoms with Crippen molar-refractivity contribution in [2.45, 2.75) is 12.8 Å². The van der Waals surface area contributed by atoms with E-state index in [4.69, 9.17) is 24.4 Å². The highest BCUT2D eigenvalue weighted by molar-refractivity contribution is 7.81. The van der Waals surface area contributed by atoms with Crippen molar-refractivity contribution in [3.05, 3.63) is 77.9 Å². The van der Waals surface area contributed by atoms with E-state index in [0.717, 1.165) is 29.9 Å². The second-order valence-electron chi connectivity index (χ2n) is 5.78. The molecule has 3 aromatic rings. The molecule has 0 aliphatic carbocycles. The fraction of sp³-hybridized carbons (Fsp3) is 0.211. The molecule has 0 bridgehead atoms. The predicted octanol–water partition coefficient (Wildman–Crippen LogP) is 2.22. The molecule has 0 spiro atoms. The molecule has 0 radical (unpaired) electrons. The molecule has 8 heteroatoms. The smallest absolute Gasteiger partial charge is 0.127 e. The van der Waals surface area contributed by atoms with Gasteiger partial charge in [-0.05, 0) is 24.3 Å². The van der Waals surface area contributed by atoms with Crippen LogP contribution in [0.25, 0.3) is 0 Å². The maximum absolute atomic E-state index is 5.49. The molecule has 0 saturated heterocycles. The Kier molecular flexibility index (Phi) is 6.95. The summed E-state index contributed by atoms with van der Waals surface area (Å²) in [6.45, 7) is 1.37. The summed E-state index contributed by atoms with van der Waals surface area (Å²) < 4.78 is 0. The second kappa shape index (κ2) is 9.84. The lowest BCUT2D eigenvalue weighted by Crippen LogP contribution is -2.30. The third kappa shape index (κ3) is 5.63. The largest absolute Gasteiger partial charge is 0.374 e. The van der Waals surface area contributed by atoms with Crippen LogP contribution in [0.4, 0.5) is 0 Å². The van der Waals surface area contributed by atoms with Crippen molar-refractivity contribution in [2.75, 3.05) is 13.1 Å². The number of aromatic amines is 1. The Morgan fingerprint density at radius 1 is 0.815 bits per heavy atom. The molecule has 0 fully saturated rings. The summed E-state index contributed by atoms with van der Waals surface area (Å²) in [6, 6.07) is 11.7. The van der Waals surface area contributed by atoms with Crippen LogP contribution in [0.2, 0.25) is 0 Å². The molecule has 0 saturated carbocycles. The highest BCUT2D eigenvalue weighted by Gasteiger charge is 2.14. The lowest BCUT2D eigenvalue weighted by Gasteiger charge is -2.10. The Balaban J connectivity index is 1.50. The average molecular weight is 397 g/mol. The third-order valence-electron chi connectivity index (χ3n) is 3.87. The van der Waals surface area contributed by atoms with Crippen LogP contribution in [0.15, 0.2) is 55.1 Å². The number of hydrogen-bond donors (Lipinski definition) is 3. The van der Waals surface area contributed by atoms with Crippen molar-refractivity contribution >= 4 is 34.4 Å². The Hall–Kier alpha value is -2.71. The predicted molar refractivity (Wildman–Crippen MR) is 114 cm³/mol. The summed E-state index contributed by atoms with van der Waals surface area (Å²) in [4.78, 5) is 17.1. The summed E-state index contributed by atoms with van der Waals surface area (Å²) in [7, 11) is 0. The van der Waals surface area contributed by atoms with Gasteiger partial charge in [-0.25, -0.2) is 4.98 Å². The molecule has 3 heterocycles. The third-order valence-corrected chi connectivity index (χ3v) is 4.55. The van der Waals surface area contributed by atoms with Crippen LogP contribution in [0.3, 0.4) is 0 Å². The van der Waals surface area contributed by atoms with Gasteiger partial charge in [0.05, 0.1) is 6.33 Å². The Bertz CT molecular complexity index is 807. The number of nitrogens with one attached hydrogen (secondary N) is 3. The van der Waals surface area contributed by atoms with E-state index in [-0.39, 0.29) is 0 Å². The van der Waals surface area contributed by atoms with Gasteiger partial charge in [0.25, 0.3) is 0 Å². The number of pyridine rings is 2. The monoisotopic (exact) mass is 396 g/mol. The lowest BCUT2D eigenvalue weighted by molar-refractivity contribution is 0.843. The summed E-state index contributed by atoms with van der Waals surface area (Å²) in [5.41, 5.74) is 3.41. The molecule has 6 nitrogen and oxygen atoms in total. The topological polar surface area (TPSA) is 78.5 Å². The number of imidazole rings is 1. The summed E-state index contributed by atoms with van der Waals surface area (Å²) in [5, 5.41) is 6.46. The van der Waals surface area contributed by atoms with Crippen molar-refractivity contribution in [1.82, 2.24) is 30.6 Å². The van der Waals surface area contributed by atoms with Crippen molar-refractivity contribution in [1.29, 1.82) is 0 Å². The van der Waals surface area contributed by atoms with Gasteiger partial charge in [-0.1, -0.05) is 36.6 Å². The van der Waals surface area contributed by atoms with Crippen LogP contribution in [0.5, 0.6) is 0 Å². The van der Waals surface area contributed by atoms with Gasteiger partial charge in [-0.3, -0.25) is 9.97 Å². The van der Waals surface area contributed by atoms with E-state index in [2.05, 4.69) is 30.6 Å². The molecule has 138 valence electrons. The molecule has 0 aliphatic rings. The minimum Gasteiger partial charge on any atom is -0.374 e. The van der Waals surface area contributed by atoms with Gasteiger partial charge in [-0.15, -0.1) is 0 Å². The number of nitrogens with zero attached hydrogens (tertiary/aromatic N) is 3. The van der Waals surface area contributed by atoms with E-state index in [1.54, 1.807) is 18.7 Å². The first-order valence-corrected chi connectivity index (χ1v) is 9.45. The van der Waals surface area contributed by atoms with Gasteiger partial charge >= 0.3 is 0 Å². The van der Waals surface area contributed by atoms with Gasteiger partial charge in [0.1, 0.15) is 21.4 Å². The molecular weight excluding hydrogens is 376 g/mol. The fourth-order valence-corrected chi connectivity index (χ4v) is 3.03. The van der Waals surface area contributed by atoms with E-state index >= 15 is 0 Å². The highest BCUT2D eigenvalue weighted by atomic mass is 32.1. The average Bonchev–Trinajstić information content (AvgIpc) is 3.20. The first-order valence-electron chi connectivity index (χ1n) is 8.63. The van der Waals surface area contributed by atoms with Crippen molar-refractivity contribution in [2.24, 2.45) is 0 Å². The van der Waals surface area contributed by atoms with Gasteiger partial charge in [0.15, 0.2) is 0 Å². The molecule has 3 N–H and O–H groups in total. The van der Waals surface area contributed by atoms with E-state index < -0.39 is 0 Å². The van der Waals surface area contributed by atoms with Crippen LogP contribution in [-0.2, 0) is 12.8 Å². The molecule has 0 unspecified atom stereocenters. The second-order valence-corrected chi connectivity index (χ2v) is 6.60. The molecule has 0 aromatic carbocycles. The lowest BCUT2D eigenvalue weighted by atomic mass is 10.2. The number of hydrogen-bond acceptors (Lipinski definition) is 5. The zero-order chi connectivity index (χ0) is 18.9. The fourth-order valence-electron chi connectivity index (χ4n) is 2.51. The van der Waals surface area contributed by atoms with Crippen LogP contribution in [-0.4, -0.2) is 43.0 Å². The molecule has 0 atom stereocenters. The van der Waals surface area contributed by atoms with Crippen LogP contribution < -0.4 is 10.6 Å². The summed E-state index contributed by atoms with van der Waals surface area (Å²) in [5.74, 6) is 0. The van der Waals surface area contributed by atoms with Crippen molar-refractivity contribution in [3.63, 3.8) is 0 Å². The van der Waals surface area contributed by atoms with E-state index in [1.807, 2.05) is 36.4 Å². The highest BCUT2D eigenvalue weighted by Crippen LogP contribution is 2.05. The molecule has 0 aliphatic heterocycles. The molecule has 27 heavy (non-hydrogen) atoms. The van der Waals surface area contributed by atoms with Crippen molar-refractivity contribution in [3.8, 4) is 0 Å².